The van der Waals surface area contributed by atoms with Gasteiger partial charge in [0.05, 0.1) is 0 Å². The summed E-state index contributed by atoms with van der Waals surface area (Å²) >= 11 is 0. The summed E-state index contributed by atoms with van der Waals surface area (Å²) in [5.74, 6) is 0.395. The zero-order chi connectivity index (χ0) is 15.5. The Bertz CT molecular complexity index is 496. The van der Waals surface area contributed by atoms with Gasteiger partial charge >= 0.3 is 0 Å². The van der Waals surface area contributed by atoms with Crippen LogP contribution in [-0.2, 0) is 4.79 Å². The van der Waals surface area contributed by atoms with Crippen molar-refractivity contribution in [3.8, 4) is 0 Å². The Morgan fingerprint density at radius 1 is 1.38 bits per heavy atom. The molecule has 1 atom stereocenters. The van der Waals surface area contributed by atoms with Crippen LogP contribution in [0.5, 0.6) is 0 Å². The Balaban J connectivity index is 2.27. The SMILES string of the molecule is CCCN(C(=O)C1CCCCC1(C)C)c1cccc(N)c1. The number of carbonyl (C=O) groups excluding carboxylic acids is 1. The van der Waals surface area contributed by atoms with Crippen LogP contribution in [0.3, 0.4) is 0 Å². The summed E-state index contributed by atoms with van der Waals surface area (Å²) in [6.07, 6.45) is 5.50. The minimum absolute atomic E-state index is 0.0989. The van der Waals surface area contributed by atoms with E-state index in [1.54, 1.807) is 0 Å². The largest absolute Gasteiger partial charge is 0.399 e. The number of amides is 1. The lowest BCUT2D eigenvalue weighted by Crippen LogP contribution is -2.44. The molecule has 2 rings (SSSR count). The van der Waals surface area contributed by atoms with Crippen molar-refractivity contribution < 1.29 is 4.79 Å². The van der Waals surface area contributed by atoms with E-state index < -0.39 is 0 Å². The third-order valence-electron chi connectivity index (χ3n) is 4.70. The molecule has 0 radical (unpaired) electrons. The summed E-state index contributed by atoms with van der Waals surface area (Å²) in [4.78, 5) is 15.0. The van der Waals surface area contributed by atoms with Crippen LogP contribution in [0.15, 0.2) is 24.3 Å². The summed E-state index contributed by atoms with van der Waals surface area (Å²) < 4.78 is 0. The minimum Gasteiger partial charge on any atom is -0.399 e. The molecule has 0 saturated heterocycles. The Morgan fingerprint density at radius 2 is 2.14 bits per heavy atom. The van der Waals surface area contributed by atoms with E-state index >= 15 is 0 Å². The molecule has 1 aromatic carbocycles. The molecule has 21 heavy (non-hydrogen) atoms. The molecular formula is C18H28N2O. The number of nitrogen functional groups attached to an aromatic ring is 1. The molecule has 1 aliphatic carbocycles. The second-order valence-electron chi connectivity index (χ2n) is 6.87. The number of nitrogens with two attached hydrogens (primary N) is 1. The van der Waals surface area contributed by atoms with Crippen molar-refractivity contribution in [3.63, 3.8) is 0 Å². The Morgan fingerprint density at radius 3 is 2.76 bits per heavy atom. The van der Waals surface area contributed by atoms with E-state index in [0.29, 0.717) is 5.69 Å². The fourth-order valence-corrected chi connectivity index (χ4v) is 3.42. The summed E-state index contributed by atoms with van der Waals surface area (Å²) in [6, 6.07) is 7.68. The lowest BCUT2D eigenvalue weighted by Gasteiger charge is -2.40. The van der Waals surface area contributed by atoms with E-state index in [4.69, 9.17) is 5.73 Å². The van der Waals surface area contributed by atoms with E-state index in [9.17, 15) is 4.79 Å². The highest BCUT2D eigenvalue weighted by Gasteiger charge is 2.39. The molecule has 1 fully saturated rings. The summed E-state index contributed by atoms with van der Waals surface area (Å²) in [6.45, 7) is 7.34. The predicted octanol–water partition coefficient (Wildman–Crippen LogP) is 4.23. The van der Waals surface area contributed by atoms with Gasteiger partial charge in [0.2, 0.25) is 5.91 Å². The maximum absolute atomic E-state index is 13.1. The smallest absolute Gasteiger partial charge is 0.230 e. The number of benzene rings is 1. The highest BCUT2D eigenvalue weighted by atomic mass is 16.2. The van der Waals surface area contributed by atoms with Crippen LogP contribution in [0.25, 0.3) is 0 Å². The molecule has 3 nitrogen and oxygen atoms in total. The number of nitrogens with zero attached hydrogens (tertiary/aromatic N) is 1. The van der Waals surface area contributed by atoms with Gasteiger partial charge in [0.1, 0.15) is 0 Å². The predicted molar refractivity (Wildman–Crippen MR) is 89.2 cm³/mol. The first-order valence-corrected chi connectivity index (χ1v) is 8.12. The van der Waals surface area contributed by atoms with Crippen LogP contribution in [0, 0.1) is 11.3 Å². The molecular weight excluding hydrogens is 260 g/mol. The van der Waals surface area contributed by atoms with Gasteiger partial charge in [-0.15, -0.1) is 0 Å². The molecule has 1 amide bonds. The summed E-state index contributed by atoms with van der Waals surface area (Å²) in [7, 11) is 0. The maximum atomic E-state index is 13.1. The molecule has 0 bridgehead atoms. The van der Waals surface area contributed by atoms with E-state index in [2.05, 4.69) is 20.8 Å². The van der Waals surface area contributed by atoms with Crippen molar-refractivity contribution in [2.24, 2.45) is 11.3 Å². The van der Waals surface area contributed by atoms with Gasteiger partial charge in [0, 0.05) is 23.8 Å². The van der Waals surface area contributed by atoms with Crippen molar-refractivity contribution in [3.05, 3.63) is 24.3 Å². The van der Waals surface area contributed by atoms with Gasteiger partial charge in [-0.2, -0.15) is 0 Å². The maximum Gasteiger partial charge on any atom is 0.230 e. The van der Waals surface area contributed by atoms with Crippen LogP contribution >= 0.6 is 0 Å². The second kappa shape index (κ2) is 6.50. The van der Waals surface area contributed by atoms with E-state index in [-0.39, 0.29) is 17.2 Å². The van der Waals surface area contributed by atoms with Gasteiger partial charge in [-0.25, -0.2) is 0 Å². The highest BCUT2D eigenvalue weighted by molar-refractivity contribution is 5.96. The Hall–Kier alpha value is -1.51. The molecule has 3 heteroatoms. The van der Waals surface area contributed by atoms with Crippen LogP contribution in [0.4, 0.5) is 11.4 Å². The minimum atomic E-state index is 0.0989. The van der Waals surface area contributed by atoms with Crippen LogP contribution in [0.1, 0.15) is 52.9 Å². The zero-order valence-electron chi connectivity index (χ0n) is 13.6. The number of carbonyl (C=O) groups is 1. The highest BCUT2D eigenvalue weighted by Crippen LogP contribution is 2.42. The summed E-state index contributed by atoms with van der Waals surface area (Å²) in [5, 5.41) is 0. The van der Waals surface area contributed by atoms with Crippen molar-refractivity contribution in [2.45, 2.75) is 52.9 Å². The fraction of sp³-hybridized carbons (Fsp3) is 0.611. The van der Waals surface area contributed by atoms with E-state index in [1.807, 2.05) is 29.2 Å². The standard InChI is InChI=1S/C18H28N2O/c1-4-12-20(15-9-7-8-14(19)13-15)17(21)16-10-5-6-11-18(16,2)3/h7-9,13,16H,4-6,10-12,19H2,1-3H3. The van der Waals surface area contributed by atoms with Crippen LogP contribution in [0.2, 0.25) is 0 Å². The monoisotopic (exact) mass is 288 g/mol. The van der Waals surface area contributed by atoms with Crippen LogP contribution < -0.4 is 10.6 Å². The molecule has 1 saturated carbocycles. The van der Waals surface area contributed by atoms with Gasteiger partial charge in [0.15, 0.2) is 0 Å². The third-order valence-corrected chi connectivity index (χ3v) is 4.70. The molecule has 0 aliphatic heterocycles. The number of rotatable bonds is 4. The molecule has 116 valence electrons. The average molecular weight is 288 g/mol. The lowest BCUT2D eigenvalue weighted by atomic mass is 9.68. The first-order chi connectivity index (χ1) is 9.95. The molecule has 1 aromatic rings. The zero-order valence-corrected chi connectivity index (χ0v) is 13.6. The fourth-order valence-electron chi connectivity index (χ4n) is 3.42. The molecule has 0 heterocycles. The van der Waals surface area contributed by atoms with Crippen molar-refractivity contribution in [2.75, 3.05) is 17.2 Å². The quantitative estimate of drug-likeness (QED) is 0.843. The average Bonchev–Trinajstić information content (AvgIpc) is 2.43. The van der Waals surface area contributed by atoms with E-state index in [1.165, 1.54) is 6.42 Å². The molecule has 0 spiro atoms. The van der Waals surface area contributed by atoms with Crippen molar-refractivity contribution >= 4 is 17.3 Å². The third kappa shape index (κ3) is 3.58. The number of hydrogen-bond acceptors (Lipinski definition) is 2. The first kappa shape index (κ1) is 15.9. The lowest BCUT2D eigenvalue weighted by molar-refractivity contribution is -0.127. The molecule has 0 aromatic heterocycles. The molecule has 1 aliphatic rings. The van der Waals surface area contributed by atoms with Gasteiger partial charge in [-0.3, -0.25) is 4.79 Å². The topological polar surface area (TPSA) is 46.3 Å². The number of anilines is 2. The van der Waals surface area contributed by atoms with Gasteiger partial charge < -0.3 is 10.6 Å². The second-order valence-corrected chi connectivity index (χ2v) is 6.87. The number of hydrogen-bond donors (Lipinski definition) is 1. The van der Waals surface area contributed by atoms with Gasteiger partial charge in [0.25, 0.3) is 0 Å². The van der Waals surface area contributed by atoms with Gasteiger partial charge in [-0.1, -0.05) is 39.7 Å². The molecule has 1 unspecified atom stereocenters. The normalized spacial score (nSPS) is 21.0. The van der Waals surface area contributed by atoms with Crippen LogP contribution in [-0.4, -0.2) is 12.5 Å². The Kier molecular flexibility index (Phi) is 4.92. The van der Waals surface area contributed by atoms with Gasteiger partial charge in [-0.05, 0) is 42.9 Å². The van der Waals surface area contributed by atoms with Crippen molar-refractivity contribution in [1.82, 2.24) is 0 Å². The molecule has 2 N–H and O–H groups in total. The Labute approximate surface area is 128 Å². The summed E-state index contributed by atoms with van der Waals surface area (Å²) in [5.41, 5.74) is 7.63. The van der Waals surface area contributed by atoms with E-state index in [0.717, 1.165) is 37.9 Å². The van der Waals surface area contributed by atoms with Crippen molar-refractivity contribution in [1.29, 1.82) is 0 Å². The first-order valence-electron chi connectivity index (χ1n) is 8.12.